The van der Waals surface area contributed by atoms with Crippen LogP contribution in [0.3, 0.4) is 0 Å². The van der Waals surface area contributed by atoms with E-state index in [9.17, 15) is 0 Å². The minimum Gasteiger partial charge on any atom is -0.394 e. The Hall–Kier alpha value is -0.610. The van der Waals surface area contributed by atoms with Crippen LogP contribution in [0.15, 0.2) is 5.10 Å². The highest BCUT2D eigenvalue weighted by Gasteiger charge is 2.16. The highest BCUT2D eigenvalue weighted by Crippen LogP contribution is 2.09. The number of hydrogen-bond acceptors (Lipinski definition) is 4. The molecular formula is C9H18N2O2. The molecule has 1 fully saturated rings. The first-order valence-corrected chi connectivity index (χ1v) is 4.74. The summed E-state index contributed by atoms with van der Waals surface area (Å²) in [5.74, 6) is 0.396. The van der Waals surface area contributed by atoms with Crippen LogP contribution in [0.4, 0.5) is 0 Å². The van der Waals surface area contributed by atoms with Crippen LogP contribution in [-0.4, -0.2) is 36.7 Å². The highest BCUT2D eigenvalue weighted by molar-refractivity contribution is 5.87. The summed E-state index contributed by atoms with van der Waals surface area (Å²) in [6, 6.07) is 0.0301. The maximum absolute atomic E-state index is 8.77. The van der Waals surface area contributed by atoms with Gasteiger partial charge in [-0.2, -0.15) is 5.10 Å². The predicted octanol–water partition coefficient (Wildman–Crippen LogP) is 0.369. The lowest BCUT2D eigenvalue weighted by Gasteiger charge is -2.21. The Labute approximate surface area is 79.0 Å². The van der Waals surface area contributed by atoms with Crippen LogP contribution in [0, 0.1) is 5.92 Å². The molecule has 2 atom stereocenters. The van der Waals surface area contributed by atoms with Gasteiger partial charge in [0.05, 0.1) is 25.9 Å². The van der Waals surface area contributed by atoms with Gasteiger partial charge in [-0.25, -0.2) is 0 Å². The van der Waals surface area contributed by atoms with Crippen molar-refractivity contribution in [1.29, 1.82) is 0 Å². The monoisotopic (exact) mass is 186 g/mol. The predicted molar refractivity (Wildman–Crippen MR) is 51.7 cm³/mol. The summed E-state index contributed by atoms with van der Waals surface area (Å²) >= 11 is 0. The minimum absolute atomic E-state index is 0.0301. The van der Waals surface area contributed by atoms with Crippen LogP contribution >= 0.6 is 0 Å². The molecule has 0 saturated carbocycles. The lowest BCUT2D eigenvalue weighted by Crippen LogP contribution is -2.31. The number of hydrogen-bond donors (Lipinski definition) is 2. The van der Waals surface area contributed by atoms with Crippen molar-refractivity contribution in [2.24, 2.45) is 11.0 Å². The van der Waals surface area contributed by atoms with E-state index in [1.807, 2.05) is 6.92 Å². The Kier molecular flexibility index (Phi) is 4.18. The number of ether oxygens (including phenoxy) is 1. The Morgan fingerprint density at radius 1 is 1.77 bits per heavy atom. The van der Waals surface area contributed by atoms with Gasteiger partial charge in [-0.05, 0) is 6.92 Å². The highest BCUT2D eigenvalue weighted by atomic mass is 16.5. The zero-order valence-electron chi connectivity index (χ0n) is 8.29. The zero-order chi connectivity index (χ0) is 9.68. The topological polar surface area (TPSA) is 53.8 Å². The smallest absolute Gasteiger partial charge is 0.0646 e. The molecule has 0 aromatic heterocycles. The molecule has 4 heteroatoms. The van der Waals surface area contributed by atoms with E-state index in [2.05, 4.69) is 17.5 Å². The molecule has 1 aliphatic heterocycles. The quantitative estimate of drug-likeness (QED) is 0.626. The summed E-state index contributed by atoms with van der Waals surface area (Å²) in [6.07, 6.45) is 0.895. The molecule has 2 N–H and O–H groups in total. The molecule has 4 nitrogen and oxygen atoms in total. The fourth-order valence-corrected chi connectivity index (χ4v) is 1.18. The second kappa shape index (κ2) is 5.19. The Balaban J connectivity index is 2.39. The zero-order valence-corrected chi connectivity index (χ0v) is 8.29. The van der Waals surface area contributed by atoms with E-state index in [1.165, 1.54) is 0 Å². The van der Waals surface area contributed by atoms with Crippen LogP contribution < -0.4 is 5.43 Å². The lowest BCUT2D eigenvalue weighted by atomic mass is 10.0. The molecule has 13 heavy (non-hydrogen) atoms. The van der Waals surface area contributed by atoms with E-state index >= 15 is 0 Å². The van der Waals surface area contributed by atoms with Gasteiger partial charge in [0.15, 0.2) is 0 Å². The van der Waals surface area contributed by atoms with Gasteiger partial charge in [0.25, 0.3) is 0 Å². The van der Waals surface area contributed by atoms with Gasteiger partial charge in [-0.1, -0.05) is 6.92 Å². The summed E-state index contributed by atoms with van der Waals surface area (Å²) in [7, 11) is 0. The van der Waals surface area contributed by atoms with Crippen molar-refractivity contribution < 1.29 is 9.84 Å². The van der Waals surface area contributed by atoms with Crippen molar-refractivity contribution >= 4 is 5.71 Å². The molecule has 1 aliphatic rings. The standard InChI is InChI=1S/C9H18N2O2/c1-7-6-13-4-3-9(7)11-10-8(2)5-12/h7-8,10,12H,3-6H2,1-2H3/b11-9+. The number of aliphatic hydroxyl groups is 1. The summed E-state index contributed by atoms with van der Waals surface area (Å²) in [5.41, 5.74) is 4.06. The molecule has 0 aliphatic carbocycles. The van der Waals surface area contributed by atoms with E-state index in [1.54, 1.807) is 0 Å². The first-order valence-electron chi connectivity index (χ1n) is 4.74. The van der Waals surface area contributed by atoms with Gasteiger partial charge in [-0.3, -0.25) is 0 Å². The van der Waals surface area contributed by atoms with E-state index < -0.39 is 0 Å². The minimum atomic E-state index is 0.0301. The largest absolute Gasteiger partial charge is 0.394 e. The van der Waals surface area contributed by atoms with Crippen LogP contribution in [0.25, 0.3) is 0 Å². The third kappa shape index (κ3) is 3.32. The second-order valence-corrected chi connectivity index (χ2v) is 3.54. The average molecular weight is 186 g/mol. The first-order chi connectivity index (χ1) is 6.24. The normalized spacial score (nSPS) is 28.8. The SMILES string of the molecule is CC(CO)N/N=C1\CCOCC1C. The van der Waals surface area contributed by atoms with Crippen molar-refractivity contribution in [2.45, 2.75) is 26.3 Å². The molecule has 0 spiro atoms. The molecule has 1 saturated heterocycles. The third-order valence-corrected chi connectivity index (χ3v) is 2.14. The number of nitrogens with zero attached hydrogens (tertiary/aromatic N) is 1. The maximum atomic E-state index is 8.77. The number of hydrazone groups is 1. The summed E-state index contributed by atoms with van der Waals surface area (Å²) < 4.78 is 5.29. The van der Waals surface area contributed by atoms with Crippen molar-refractivity contribution in [3.63, 3.8) is 0 Å². The van der Waals surface area contributed by atoms with E-state index in [4.69, 9.17) is 9.84 Å². The van der Waals surface area contributed by atoms with Gasteiger partial charge >= 0.3 is 0 Å². The molecular weight excluding hydrogens is 168 g/mol. The summed E-state index contributed by atoms with van der Waals surface area (Å²) in [5, 5.41) is 13.0. The number of rotatable bonds is 3. The molecule has 0 amide bonds. The Morgan fingerprint density at radius 3 is 3.15 bits per heavy atom. The van der Waals surface area contributed by atoms with E-state index in [0.717, 1.165) is 25.3 Å². The molecule has 0 bridgehead atoms. The Morgan fingerprint density at radius 2 is 2.54 bits per heavy atom. The molecule has 1 rings (SSSR count). The van der Waals surface area contributed by atoms with E-state index in [-0.39, 0.29) is 12.6 Å². The van der Waals surface area contributed by atoms with Crippen molar-refractivity contribution in [3.8, 4) is 0 Å². The van der Waals surface area contributed by atoms with Crippen molar-refractivity contribution in [3.05, 3.63) is 0 Å². The third-order valence-electron chi connectivity index (χ3n) is 2.14. The molecule has 0 aromatic carbocycles. The summed E-state index contributed by atoms with van der Waals surface area (Å²) in [6.45, 7) is 5.63. The first kappa shape index (κ1) is 10.5. The fourth-order valence-electron chi connectivity index (χ4n) is 1.18. The van der Waals surface area contributed by atoms with Gasteiger partial charge in [0, 0.05) is 18.1 Å². The van der Waals surface area contributed by atoms with Crippen LogP contribution in [0.2, 0.25) is 0 Å². The maximum Gasteiger partial charge on any atom is 0.0646 e. The Bertz CT molecular complexity index is 182. The molecule has 2 unspecified atom stereocenters. The van der Waals surface area contributed by atoms with Crippen molar-refractivity contribution in [1.82, 2.24) is 5.43 Å². The average Bonchev–Trinajstić information content (AvgIpc) is 2.16. The van der Waals surface area contributed by atoms with E-state index in [0.29, 0.717) is 5.92 Å². The number of nitrogens with one attached hydrogen (secondary N) is 1. The molecule has 76 valence electrons. The second-order valence-electron chi connectivity index (χ2n) is 3.54. The van der Waals surface area contributed by atoms with Gasteiger partial charge < -0.3 is 15.3 Å². The van der Waals surface area contributed by atoms with Gasteiger partial charge in [-0.15, -0.1) is 0 Å². The van der Waals surface area contributed by atoms with Crippen LogP contribution in [-0.2, 0) is 4.74 Å². The van der Waals surface area contributed by atoms with Gasteiger partial charge in [0.2, 0.25) is 0 Å². The molecule has 1 heterocycles. The molecule has 0 radical (unpaired) electrons. The van der Waals surface area contributed by atoms with Gasteiger partial charge in [0.1, 0.15) is 0 Å². The van der Waals surface area contributed by atoms with Crippen molar-refractivity contribution in [2.75, 3.05) is 19.8 Å². The molecule has 0 aromatic rings. The number of aliphatic hydroxyl groups excluding tert-OH is 1. The van der Waals surface area contributed by atoms with Crippen LogP contribution in [0.5, 0.6) is 0 Å². The lowest BCUT2D eigenvalue weighted by molar-refractivity contribution is 0.110. The van der Waals surface area contributed by atoms with Crippen LogP contribution in [0.1, 0.15) is 20.3 Å². The fraction of sp³-hybridized carbons (Fsp3) is 0.889. The summed E-state index contributed by atoms with van der Waals surface area (Å²) in [4.78, 5) is 0.